The maximum absolute atomic E-state index is 14.7. The minimum Gasteiger partial charge on any atom is -0.486 e. The highest BCUT2D eigenvalue weighted by Crippen LogP contribution is 2.36. The van der Waals surface area contributed by atoms with Crippen LogP contribution in [0.4, 0.5) is 9.18 Å². The molecule has 0 atom stereocenters. The lowest BCUT2D eigenvalue weighted by atomic mass is 10.2. The van der Waals surface area contributed by atoms with Gasteiger partial charge in [-0.2, -0.15) is 0 Å². The number of rotatable bonds is 5. The first kappa shape index (κ1) is 17.7. The van der Waals surface area contributed by atoms with Crippen LogP contribution < -0.4 is 15.2 Å². The molecule has 0 bridgehead atoms. The van der Waals surface area contributed by atoms with Gasteiger partial charge in [0.25, 0.3) is 0 Å². The van der Waals surface area contributed by atoms with Crippen molar-refractivity contribution in [3.63, 3.8) is 0 Å². The molecule has 25 heavy (non-hydrogen) atoms. The van der Waals surface area contributed by atoms with Gasteiger partial charge in [0.1, 0.15) is 12.4 Å². The van der Waals surface area contributed by atoms with E-state index >= 15 is 0 Å². The predicted octanol–water partition coefficient (Wildman–Crippen LogP) is 3.67. The summed E-state index contributed by atoms with van der Waals surface area (Å²) in [4.78, 5) is 10.8. The van der Waals surface area contributed by atoms with E-state index in [-0.39, 0.29) is 17.9 Å². The Kier molecular flexibility index (Phi) is 5.52. The lowest BCUT2D eigenvalue weighted by molar-refractivity contribution is -0.0473. The van der Waals surface area contributed by atoms with Crippen LogP contribution in [0.3, 0.4) is 0 Å². The van der Waals surface area contributed by atoms with Crippen molar-refractivity contribution in [3.8, 4) is 11.5 Å². The van der Waals surface area contributed by atoms with Gasteiger partial charge in [-0.25, -0.2) is 9.18 Å². The number of ether oxygens (including phenoxy) is 4. The highest BCUT2D eigenvalue weighted by molar-refractivity contribution is 9.10. The van der Waals surface area contributed by atoms with Crippen molar-refractivity contribution in [2.75, 3.05) is 13.2 Å². The smallest absolute Gasteiger partial charge is 0.409 e. The van der Waals surface area contributed by atoms with E-state index in [1.165, 1.54) is 6.07 Å². The van der Waals surface area contributed by atoms with Crippen molar-refractivity contribution < 1.29 is 28.1 Å². The van der Waals surface area contributed by atoms with E-state index in [0.717, 1.165) is 0 Å². The normalized spacial score (nSPS) is 14.5. The fraction of sp³-hybridized carbons (Fsp3) is 0.235. The molecule has 1 fully saturated rings. The van der Waals surface area contributed by atoms with Gasteiger partial charge in [-0.3, -0.25) is 0 Å². The summed E-state index contributed by atoms with van der Waals surface area (Å²) in [5.41, 5.74) is 5.94. The molecule has 1 aliphatic heterocycles. The molecule has 2 aromatic rings. The van der Waals surface area contributed by atoms with Gasteiger partial charge in [0.15, 0.2) is 17.9 Å². The van der Waals surface area contributed by atoms with E-state index in [2.05, 4.69) is 15.9 Å². The zero-order valence-corrected chi connectivity index (χ0v) is 14.6. The van der Waals surface area contributed by atoms with Crippen molar-refractivity contribution in [2.24, 2.45) is 5.73 Å². The van der Waals surface area contributed by atoms with Gasteiger partial charge in [0.2, 0.25) is 0 Å². The van der Waals surface area contributed by atoms with Crippen LogP contribution in [-0.4, -0.2) is 19.3 Å². The number of halogens is 2. The van der Waals surface area contributed by atoms with Gasteiger partial charge in [-0.05, 0) is 29.8 Å². The minimum absolute atomic E-state index is 0.0681. The fourth-order valence-corrected chi connectivity index (χ4v) is 2.87. The Morgan fingerprint density at radius 2 is 2.04 bits per heavy atom. The second-order valence-electron chi connectivity index (χ2n) is 5.20. The molecule has 132 valence electrons. The number of hydrogen-bond donors (Lipinski definition) is 1. The molecule has 1 heterocycles. The van der Waals surface area contributed by atoms with Gasteiger partial charge in [-0.15, -0.1) is 0 Å². The number of hydrogen-bond acceptors (Lipinski definition) is 5. The van der Waals surface area contributed by atoms with E-state index in [1.807, 2.05) is 0 Å². The van der Waals surface area contributed by atoms with Crippen molar-refractivity contribution in [2.45, 2.75) is 12.9 Å². The summed E-state index contributed by atoms with van der Waals surface area (Å²) in [6.45, 7) is 0.906. The standard InChI is InChI=1S/C17H15BrFNO5/c18-12-4-5-13(15(19)14(12)16-22-6-7-23-16)24-9-10-2-1-3-11(8-10)25-17(20)21/h1-5,8,16H,6-7,9H2,(H2,20,21). The second kappa shape index (κ2) is 7.81. The number of primary amides is 1. The molecule has 0 aromatic heterocycles. The summed E-state index contributed by atoms with van der Waals surface area (Å²) in [5.74, 6) is -0.192. The third kappa shape index (κ3) is 4.28. The quantitative estimate of drug-likeness (QED) is 0.811. The maximum Gasteiger partial charge on any atom is 0.409 e. The van der Waals surface area contributed by atoms with Crippen LogP contribution in [0.1, 0.15) is 17.4 Å². The number of amides is 1. The molecule has 1 saturated heterocycles. The van der Waals surface area contributed by atoms with E-state index in [9.17, 15) is 9.18 Å². The zero-order chi connectivity index (χ0) is 17.8. The molecular formula is C17H15BrFNO5. The number of benzene rings is 2. The van der Waals surface area contributed by atoms with Crippen LogP contribution in [-0.2, 0) is 16.1 Å². The molecule has 0 unspecified atom stereocenters. The van der Waals surface area contributed by atoms with Crippen LogP contribution in [0.15, 0.2) is 40.9 Å². The monoisotopic (exact) mass is 411 g/mol. The topological polar surface area (TPSA) is 80.0 Å². The molecule has 0 aliphatic carbocycles. The molecule has 3 rings (SSSR count). The molecule has 0 saturated carbocycles. The predicted molar refractivity (Wildman–Crippen MR) is 89.7 cm³/mol. The molecule has 2 aromatic carbocycles. The van der Waals surface area contributed by atoms with Gasteiger partial charge in [0, 0.05) is 4.47 Å². The lowest BCUT2D eigenvalue weighted by Gasteiger charge is -2.16. The van der Waals surface area contributed by atoms with Crippen molar-refractivity contribution >= 4 is 22.0 Å². The highest BCUT2D eigenvalue weighted by Gasteiger charge is 2.26. The van der Waals surface area contributed by atoms with Crippen LogP contribution in [0.5, 0.6) is 11.5 Å². The number of carbonyl (C=O) groups excluding carboxylic acids is 1. The van der Waals surface area contributed by atoms with Crippen molar-refractivity contribution in [1.82, 2.24) is 0 Å². The summed E-state index contributed by atoms with van der Waals surface area (Å²) in [6, 6.07) is 9.80. The second-order valence-corrected chi connectivity index (χ2v) is 6.06. The third-order valence-corrected chi connectivity index (χ3v) is 4.15. The number of nitrogens with two attached hydrogens (primary N) is 1. The van der Waals surface area contributed by atoms with Gasteiger partial charge in [0.05, 0.1) is 18.8 Å². The SMILES string of the molecule is NC(=O)Oc1cccc(COc2ccc(Br)c(C3OCCO3)c2F)c1. The van der Waals surface area contributed by atoms with Gasteiger partial charge < -0.3 is 24.7 Å². The lowest BCUT2D eigenvalue weighted by Crippen LogP contribution is -2.16. The average Bonchev–Trinajstić information content (AvgIpc) is 3.08. The Hall–Kier alpha value is -2.16. The van der Waals surface area contributed by atoms with E-state index in [0.29, 0.717) is 29.0 Å². The summed E-state index contributed by atoms with van der Waals surface area (Å²) >= 11 is 3.30. The summed E-state index contributed by atoms with van der Waals surface area (Å²) in [7, 11) is 0. The van der Waals surface area contributed by atoms with E-state index in [1.54, 1.807) is 30.3 Å². The molecule has 1 aliphatic rings. The Labute approximate surface area is 151 Å². The molecule has 2 N–H and O–H groups in total. The average molecular weight is 412 g/mol. The molecular weight excluding hydrogens is 397 g/mol. The summed E-state index contributed by atoms with van der Waals surface area (Å²) in [6.07, 6.45) is -1.66. The molecule has 0 spiro atoms. The van der Waals surface area contributed by atoms with E-state index < -0.39 is 18.2 Å². The number of carbonyl (C=O) groups is 1. The van der Waals surface area contributed by atoms with E-state index in [4.69, 9.17) is 24.7 Å². The first-order chi connectivity index (χ1) is 12.0. The largest absolute Gasteiger partial charge is 0.486 e. The molecule has 8 heteroatoms. The Bertz CT molecular complexity index is 780. The van der Waals surface area contributed by atoms with Gasteiger partial charge >= 0.3 is 6.09 Å². The molecule has 1 amide bonds. The maximum atomic E-state index is 14.7. The van der Waals surface area contributed by atoms with Crippen molar-refractivity contribution in [1.29, 1.82) is 0 Å². The Balaban J connectivity index is 1.75. The first-order valence-corrected chi connectivity index (χ1v) is 8.24. The fourth-order valence-electron chi connectivity index (χ4n) is 2.38. The highest BCUT2D eigenvalue weighted by atomic mass is 79.9. The van der Waals surface area contributed by atoms with Gasteiger partial charge in [-0.1, -0.05) is 28.1 Å². The molecule has 6 nitrogen and oxygen atoms in total. The van der Waals surface area contributed by atoms with Crippen molar-refractivity contribution in [3.05, 3.63) is 57.8 Å². The van der Waals surface area contributed by atoms with Crippen LogP contribution in [0.2, 0.25) is 0 Å². The zero-order valence-electron chi connectivity index (χ0n) is 13.0. The Morgan fingerprint density at radius 3 is 2.76 bits per heavy atom. The summed E-state index contributed by atoms with van der Waals surface area (Å²) < 4.78 is 36.4. The first-order valence-electron chi connectivity index (χ1n) is 7.44. The summed E-state index contributed by atoms with van der Waals surface area (Å²) in [5, 5.41) is 0. The van der Waals surface area contributed by atoms with Crippen LogP contribution >= 0.6 is 15.9 Å². The van der Waals surface area contributed by atoms with Crippen LogP contribution in [0.25, 0.3) is 0 Å². The minimum atomic E-state index is -0.904. The van der Waals surface area contributed by atoms with Crippen LogP contribution in [0, 0.1) is 5.82 Å². The molecule has 0 radical (unpaired) electrons. The Morgan fingerprint density at radius 1 is 1.28 bits per heavy atom. The third-order valence-electron chi connectivity index (χ3n) is 3.46.